The Balaban J connectivity index is 2.03. The number of nitrogens with zero attached hydrogens (tertiary/aromatic N) is 3. The van der Waals surface area contributed by atoms with Gasteiger partial charge >= 0.3 is 5.69 Å². The van der Waals surface area contributed by atoms with Crippen LogP contribution in [0.3, 0.4) is 0 Å². The summed E-state index contributed by atoms with van der Waals surface area (Å²) in [5.74, 6) is -0.644. The SMILES string of the molecule is NC(=O)Cn1c(=O)n(CC2CCCO2)c(=O)c2sc3ncccc3c21. The van der Waals surface area contributed by atoms with Crippen molar-refractivity contribution in [1.29, 1.82) is 0 Å². The zero-order valence-electron chi connectivity index (χ0n) is 13.3. The molecule has 0 saturated carbocycles. The molecule has 0 radical (unpaired) electrons. The van der Waals surface area contributed by atoms with E-state index in [0.717, 1.165) is 17.4 Å². The first-order chi connectivity index (χ1) is 12.1. The van der Waals surface area contributed by atoms with Gasteiger partial charge in [-0.05, 0) is 25.0 Å². The Morgan fingerprint density at radius 1 is 1.40 bits per heavy atom. The van der Waals surface area contributed by atoms with E-state index in [1.807, 2.05) is 0 Å². The average Bonchev–Trinajstić information content (AvgIpc) is 3.22. The summed E-state index contributed by atoms with van der Waals surface area (Å²) < 4.78 is 8.37. The maximum absolute atomic E-state index is 12.9. The van der Waals surface area contributed by atoms with E-state index in [-0.39, 0.29) is 24.8 Å². The topological polar surface area (TPSA) is 109 Å². The Kier molecular flexibility index (Phi) is 3.89. The number of carbonyl (C=O) groups is 1. The fraction of sp³-hybridized carbons (Fsp3) is 0.375. The summed E-state index contributed by atoms with van der Waals surface area (Å²) in [6, 6.07) is 3.51. The molecule has 25 heavy (non-hydrogen) atoms. The fourth-order valence-electron chi connectivity index (χ4n) is 3.24. The highest BCUT2D eigenvalue weighted by molar-refractivity contribution is 7.25. The van der Waals surface area contributed by atoms with Gasteiger partial charge in [0.1, 0.15) is 16.1 Å². The first-order valence-electron chi connectivity index (χ1n) is 7.97. The summed E-state index contributed by atoms with van der Waals surface area (Å²) in [5, 5.41) is 0.669. The molecular weight excluding hydrogens is 344 g/mol. The van der Waals surface area contributed by atoms with Crippen LogP contribution in [0.1, 0.15) is 12.8 Å². The van der Waals surface area contributed by atoms with Crippen LogP contribution in [-0.4, -0.2) is 32.7 Å². The van der Waals surface area contributed by atoms with Gasteiger partial charge < -0.3 is 10.5 Å². The number of nitrogens with two attached hydrogens (primary N) is 1. The van der Waals surface area contributed by atoms with Crippen molar-refractivity contribution in [2.45, 2.75) is 32.0 Å². The zero-order valence-corrected chi connectivity index (χ0v) is 14.1. The number of ether oxygens (including phenoxy) is 1. The van der Waals surface area contributed by atoms with Gasteiger partial charge in [-0.3, -0.25) is 18.7 Å². The van der Waals surface area contributed by atoms with Gasteiger partial charge in [0.2, 0.25) is 5.91 Å². The third-order valence-corrected chi connectivity index (χ3v) is 5.43. The highest BCUT2D eigenvalue weighted by Crippen LogP contribution is 2.29. The molecule has 1 aliphatic heterocycles. The van der Waals surface area contributed by atoms with E-state index < -0.39 is 11.6 Å². The predicted octanol–water partition coefficient (Wildman–Crippen LogP) is 0.437. The van der Waals surface area contributed by atoms with Crippen molar-refractivity contribution in [2.24, 2.45) is 5.73 Å². The van der Waals surface area contributed by atoms with E-state index >= 15 is 0 Å². The van der Waals surface area contributed by atoms with Crippen molar-refractivity contribution >= 4 is 37.7 Å². The molecule has 130 valence electrons. The van der Waals surface area contributed by atoms with Gasteiger partial charge in [0.15, 0.2) is 0 Å². The third-order valence-electron chi connectivity index (χ3n) is 4.34. The number of thiophene rings is 1. The minimum atomic E-state index is -0.644. The zero-order chi connectivity index (χ0) is 17.6. The summed E-state index contributed by atoms with van der Waals surface area (Å²) >= 11 is 1.21. The molecule has 0 spiro atoms. The Bertz CT molecular complexity index is 1090. The van der Waals surface area contributed by atoms with Crippen LogP contribution in [0.15, 0.2) is 27.9 Å². The lowest BCUT2D eigenvalue weighted by molar-refractivity contribution is -0.118. The third kappa shape index (κ3) is 2.65. The molecular formula is C16H16N4O4S. The van der Waals surface area contributed by atoms with Crippen molar-refractivity contribution < 1.29 is 9.53 Å². The van der Waals surface area contributed by atoms with Gasteiger partial charge in [-0.1, -0.05) is 0 Å². The Morgan fingerprint density at radius 3 is 2.96 bits per heavy atom. The molecule has 8 nitrogen and oxygen atoms in total. The molecule has 1 atom stereocenters. The number of primary amides is 1. The highest BCUT2D eigenvalue weighted by atomic mass is 32.1. The van der Waals surface area contributed by atoms with E-state index in [1.165, 1.54) is 15.9 Å². The number of hydrogen-bond donors (Lipinski definition) is 1. The van der Waals surface area contributed by atoms with Crippen LogP contribution in [-0.2, 0) is 22.6 Å². The molecule has 3 aromatic rings. The molecule has 1 amide bonds. The van der Waals surface area contributed by atoms with E-state index in [0.29, 0.717) is 27.0 Å². The van der Waals surface area contributed by atoms with Crippen LogP contribution in [0.2, 0.25) is 0 Å². The maximum Gasteiger partial charge on any atom is 0.332 e. The number of carbonyl (C=O) groups excluding carboxylic acids is 1. The number of rotatable bonds is 4. The Labute approximate surface area is 145 Å². The smallest absolute Gasteiger partial charge is 0.332 e. The molecule has 1 saturated heterocycles. The predicted molar refractivity (Wildman–Crippen MR) is 93.8 cm³/mol. The molecule has 1 aliphatic rings. The van der Waals surface area contributed by atoms with E-state index in [9.17, 15) is 14.4 Å². The first kappa shape index (κ1) is 16.0. The van der Waals surface area contributed by atoms with Crippen LogP contribution in [0.4, 0.5) is 0 Å². The number of pyridine rings is 1. The fourth-order valence-corrected chi connectivity index (χ4v) is 4.33. The summed E-state index contributed by atoms with van der Waals surface area (Å²) in [7, 11) is 0. The van der Waals surface area contributed by atoms with Gasteiger partial charge in [-0.25, -0.2) is 9.78 Å². The normalized spacial score (nSPS) is 17.5. The lowest BCUT2D eigenvalue weighted by Gasteiger charge is -2.14. The van der Waals surface area contributed by atoms with Crippen LogP contribution in [0.5, 0.6) is 0 Å². The number of hydrogen-bond acceptors (Lipinski definition) is 6. The second-order valence-electron chi connectivity index (χ2n) is 6.02. The monoisotopic (exact) mass is 360 g/mol. The van der Waals surface area contributed by atoms with Crippen LogP contribution >= 0.6 is 11.3 Å². The lowest BCUT2D eigenvalue weighted by Crippen LogP contribution is -2.43. The summed E-state index contributed by atoms with van der Waals surface area (Å²) in [5.41, 5.74) is 4.83. The quantitative estimate of drug-likeness (QED) is 0.726. The molecule has 0 aromatic carbocycles. The summed E-state index contributed by atoms with van der Waals surface area (Å²) in [4.78, 5) is 42.2. The van der Waals surface area contributed by atoms with Gasteiger partial charge in [-0.2, -0.15) is 0 Å². The number of fused-ring (bicyclic) bond motifs is 3. The van der Waals surface area contributed by atoms with Crippen LogP contribution in [0.25, 0.3) is 20.4 Å². The molecule has 1 fully saturated rings. The van der Waals surface area contributed by atoms with Gasteiger partial charge in [0.05, 0.1) is 18.2 Å². The van der Waals surface area contributed by atoms with Crippen LogP contribution in [0, 0.1) is 0 Å². The number of amides is 1. The largest absolute Gasteiger partial charge is 0.376 e. The number of aromatic nitrogens is 3. The van der Waals surface area contributed by atoms with Crippen molar-refractivity contribution in [3.8, 4) is 0 Å². The standard InChI is InChI=1S/C16H16N4O4S/c17-11(21)8-19-12-10-4-1-5-18-14(10)25-13(12)15(22)20(16(19)23)7-9-3-2-6-24-9/h1,4-5,9H,2-3,6-8H2,(H2,17,21). The minimum Gasteiger partial charge on any atom is -0.376 e. The van der Waals surface area contributed by atoms with Crippen molar-refractivity contribution in [3.63, 3.8) is 0 Å². The molecule has 4 heterocycles. The first-order valence-corrected chi connectivity index (χ1v) is 8.78. The molecule has 0 bridgehead atoms. The average molecular weight is 360 g/mol. The summed E-state index contributed by atoms with van der Waals surface area (Å²) in [6.07, 6.45) is 3.16. The minimum absolute atomic E-state index is 0.169. The van der Waals surface area contributed by atoms with Gasteiger partial charge in [-0.15, -0.1) is 11.3 Å². The highest BCUT2D eigenvalue weighted by Gasteiger charge is 2.23. The second kappa shape index (κ2) is 6.08. The van der Waals surface area contributed by atoms with Crippen molar-refractivity contribution in [2.75, 3.05) is 6.61 Å². The van der Waals surface area contributed by atoms with E-state index in [4.69, 9.17) is 10.5 Å². The molecule has 3 aromatic heterocycles. The summed E-state index contributed by atoms with van der Waals surface area (Å²) in [6.45, 7) is 0.514. The van der Waals surface area contributed by atoms with Crippen molar-refractivity contribution in [1.82, 2.24) is 14.1 Å². The van der Waals surface area contributed by atoms with Crippen molar-refractivity contribution in [3.05, 3.63) is 39.2 Å². The van der Waals surface area contributed by atoms with E-state index in [2.05, 4.69) is 4.98 Å². The molecule has 4 rings (SSSR count). The molecule has 9 heteroatoms. The van der Waals surface area contributed by atoms with Crippen LogP contribution < -0.4 is 17.0 Å². The van der Waals surface area contributed by atoms with Gasteiger partial charge in [0, 0.05) is 18.2 Å². The van der Waals surface area contributed by atoms with E-state index in [1.54, 1.807) is 18.3 Å². The van der Waals surface area contributed by atoms with Gasteiger partial charge in [0.25, 0.3) is 5.56 Å². The lowest BCUT2D eigenvalue weighted by atomic mass is 10.2. The molecule has 1 unspecified atom stereocenters. The maximum atomic E-state index is 12.9. The second-order valence-corrected chi connectivity index (χ2v) is 7.02. The Hall–Kier alpha value is -2.52. The molecule has 0 aliphatic carbocycles. The Morgan fingerprint density at radius 2 is 2.24 bits per heavy atom. The molecule has 2 N–H and O–H groups in total.